The highest BCUT2D eigenvalue weighted by atomic mass is 35.5. The minimum atomic E-state index is -4.37. The van der Waals surface area contributed by atoms with E-state index in [9.17, 15) is 13.2 Å². The number of rotatable bonds is 1. The van der Waals surface area contributed by atoms with Crippen LogP contribution in [0.3, 0.4) is 0 Å². The van der Waals surface area contributed by atoms with Crippen LogP contribution >= 0.6 is 11.6 Å². The summed E-state index contributed by atoms with van der Waals surface area (Å²) in [4.78, 5) is 0. The first-order valence-corrected chi connectivity index (χ1v) is 5.69. The summed E-state index contributed by atoms with van der Waals surface area (Å²) >= 11 is 5.89. The van der Waals surface area contributed by atoms with Crippen LogP contribution in [0, 0.1) is 6.92 Å². The maximum atomic E-state index is 12.9. The van der Waals surface area contributed by atoms with E-state index in [1.165, 1.54) is 12.1 Å². The Bertz CT molecular complexity index is 553. The minimum absolute atomic E-state index is 0.149. The Hall–Kier alpha value is -1.48. The summed E-state index contributed by atoms with van der Waals surface area (Å²) in [5.74, 6) is 0. The fraction of sp³-hybridized carbons (Fsp3) is 0.143. The van der Waals surface area contributed by atoms with Crippen LogP contribution in [-0.2, 0) is 6.18 Å². The van der Waals surface area contributed by atoms with E-state index in [1.54, 1.807) is 31.2 Å². The molecule has 0 amide bonds. The van der Waals surface area contributed by atoms with Crippen molar-refractivity contribution in [2.24, 2.45) is 0 Å². The van der Waals surface area contributed by atoms with Gasteiger partial charge in [-0.2, -0.15) is 13.2 Å². The quantitative estimate of drug-likeness (QED) is 0.657. The first kappa shape index (κ1) is 13.0. The Morgan fingerprint density at radius 2 is 1.67 bits per heavy atom. The molecular weight excluding hydrogens is 261 g/mol. The molecule has 0 saturated heterocycles. The zero-order valence-corrected chi connectivity index (χ0v) is 10.3. The molecule has 0 fully saturated rings. The van der Waals surface area contributed by atoms with E-state index in [0.29, 0.717) is 10.6 Å². The molecule has 0 heterocycles. The fourth-order valence-electron chi connectivity index (χ4n) is 1.87. The molecule has 0 bridgehead atoms. The number of hydrogen-bond acceptors (Lipinski definition) is 0. The van der Waals surface area contributed by atoms with Crippen molar-refractivity contribution in [2.75, 3.05) is 0 Å². The summed E-state index contributed by atoms with van der Waals surface area (Å²) in [6.45, 7) is 1.80. The topological polar surface area (TPSA) is 0 Å². The van der Waals surface area contributed by atoms with Crippen LogP contribution in [0.5, 0.6) is 0 Å². The molecule has 0 aliphatic carbocycles. The van der Waals surface area contributed by atoms with Crippen LogP contribution in [0.1, 0.15) is 11.1 Å². The molecule has 0 aromatic heterocycles. The number of alkyl halides is 3. The second-order valence-corrected chi connectivity index (χ2v) is 4.50. The van der Waals surface area contributed by atoms with Crippen molar-refractivity contribution in [1.82, 2.24) is 0 Å². The van der Waals surface area contributed by atoms with Crippen LogP contribution in [0.4, 0.5) is 13.2 Å². The molecule has 0 saturated carbocycles. The summed E-state index contributed by atoms with van der Waals surface area (Å²) in [7, 11) is 0. The van der Waals surface area contributed by atoms with Crippen molar-refractivity contribution < 1.29 is 13.2 Å². The Morgan fingerprint density at radius 1 is 1.00 bits per heavy atom. The van der Waals surface area contributed by atoms with E-state index in [0.717, 1.165) is 11.6 Å². The summed E-state index contributed by atoms with van der Waals surface area (Å²) in [5.41, 5.74) is 0.810. The van der Waals surface area contributed by atoms with Crippen molar-refractivity contribution >= 4 is 11.6 Å². The molecule has 0 nitrogen and oxygen atoms in total. The van der Waals surface area contributed by atoms with Crippen LogP contribution < -0.4 is 0 Å². The summed E-state index contributed by atoms with van der Waals surface area (Å²) in [6, 6.07) is 10.4. The predicted octanol–water partition coefficient (Wildman–Crippen LogP) is 5.33. The standard InChI is InChI=1S/C14H10ClF3/c1-9-6-10(8-11(15)7-9)12-4-2-3-5-13(12)14(16,17)18/h2-8H,1H3. The van der Waals surface area contributed by atoms with Gasteiger partial charge in [-0.1, -0.05) is 35.9 Å². The molecule has 2 aromatic carbocycles. The molecular formula is C14H10ClF3. The molecule has 0 radical (unpaired) electrons. The van der Waals surface area contributed by atoms with E-state index < -0.39 is 11.7 Å². The molecule has 94 valence electrons. The Labute approximate surface area is 108 Å². The van der Waals surface area contributed by atoms with Gasteiger partial charge >= 0.3 is 6.18 Å². The van der Waals surface area contributed by atoms with Gasteiger partial charge in [-0.05, 0) is 41.8 Å². The lowest BCUT2D eigenvalue weighted by Crippen LogP contribution is -2.06. The molecule has 0 N–H and O–H groups in total. The van der Waals surface area contributed by atoms with Crippen molar-refractivity contribution in [1.29, 1.82) is 0 Å². The summed E-state index contributed by atoms with van der Waals surface area (Å²) < 4.78 is 38.7. The van der Waals surface area contributed by atoms with E-state index in [-0.39, 0.29) is 5.56 Å². The smallest absolute Gasteiger partial charge is 0.166 e. The van der Waals surface area contributed by atoms with Crippen LogP contribution in [0.25, 0.3) is 11.1 Å². The molecule has 4 heteroatoms. The lowest BCUT2D eigenvalue weighted by molar-refractivity contribution is -0.137. The van der Waals surface area contributed by atoms with Gasteiger partial charge in [0.2, 0.25) is 0 Å². The molecule has 0 atom stereocenters. The molecule has 0 aliphatic rings. The third-order valence-electron chi connectivity index (χ3n) is 2.59. The summed E-state index contributed by atoms with van der Waals surface area (Å²) in [6.07, 6.45) is -4.37. The van der Waals surface area contributed by atoms with Gasteiger partial charge in [0.15, 0.2) is 0 Å². The van der Waals surface area contributed by atoms with Gasteiger partial charge in [0.25, 0.3) is 0 Å². The summed E-state index contributed by atoms with van der Waals surface area (Å²) in [5, 5.41) is 0.432. The average Bonchev–Trinajstić information content (AvgIpc) is 2.26. The molecule has 18 heavy (non-hydrogen) atoms. The van der Waals surface area contributed by atoms with Crippen molar-refractivity contribution in [3.63, 3.8) is 0 Å². The number of halogens is 4. The minimum Gasteiger partial charge on any atom is -0.166 e. The third-order valence-corrected chi connectivity index (χ3v) is 2.80. The maximum absolute atomic E-state index is 12.9. The lowest BCUT2D eigenvalue weighted by atomic mass is 9.98. The first-order chi connectivity index (χ1) is 8.38. The van der Waals surface area contributed by atoms with E-state index in [1.807, 2.05) is 0 Å². The number of benzene rings is 2. The molecule has 2 aromatic rings. The van der Waals surface area contributed by atoms with Crippen LogP contribution in [0.15, 0.2) is 42.5 Å². The van der Waals surface area contributed by atoms with Gasteiger partial charge < -0.3 is 0 Å². The fourth-order valence-corrected chi connectivity index (χ4v) is 2.16. The largest absolute Gasteiger partial charge is 0.417 e. The van der Waals surface area contributed by atoms with Gasteiger partial charge in [0.1, 0.15) is 0 Å². The maximum Gasteiger partial charge on any atom is 0.417 e. The Morgan fingerprint density at radius 3 is 2.28 bits per heavy atom. The average molecular weight is 271 g/mol. The highest BCUT2D eigenvalue weighted by Crippen LogP contribution is 2.37. The normalized spacial score (nSPS) is 11.6. The zero-order chi connectivity index (χ0) is 13.3. The third kappa shape index (κ3) is 2.67. The van der Waals surface area contributed by atoms with Crippen LogP contribution in [0.2, 0.25) is 5.02 Å². The van der Waals surface area contributed by atoms with Gasteiger partial charge in [0.05, 0.1) is 5.56 Å². The zero-order valence-electron chi connectivity index (χ0n) is 9.55. The number of aryl methyl sites for hydroxylation is 1. The molecule has 0 unspecified atom stereocenters. The van der Waals surface area contributed by atoms with Crippen molar-refractivity contribution in [3.8, 4) is 11.1 Å². The molecule has 2 rings (SSSR count). The van der Waals surface area contributed by atoms with Gasteiger partial charge in [-0.15, -0.1) is 0 Å². The monoisotopic (exact) mass is 270 g/mol. The van der Waals surface area contributed by atoms with Crippen molar-refractivity contribution in [3.05, 3.63) is 58.6 Å². The van der Waals surface area contributed by atoms with Gasteiger partial charge in [-0.25, -0.2) is 0 Å². The van der Waals surface area contributed by atoms with Crippen molar-refractivity contribution in [2.45, 2.75) is 13.1 Å². The van der Waals surface area contributed by atoms with Gasteiger partial charge in [-0.3, -0.25) is 0 Å². The van der Waals surface area contributed by atoms with E-state index >= 15 is 0 Å². The first-order valence-electron chi connectivity index (χ1n) is 5.32. The second kappa shape index (κ2) is 4.65. The SMILES string of the molecule is Cc1cc(Cl)cc(-c2ccccc2C(F)(F)F)c1. The van der Waals surface area contributed by atoms with E-state index in [4.69, 9.17) is 11.6 Å². The van der Waals surface area contributed by atoms with Crippen LogP contribution in [-0.4, -0.2) is 0 Å². The highest BCUT2D eigenvalue weighted by molar-refractivity contribution is 6.31. The lowest BCUT2D eigenvalue weighted by Gasteiger charge is -2.13. The number of hydrogen-bond donors (Lipinski definition) is 0. The predicted molar refractivity (Wildman–Crippen MR) is 66.6 cm³/mol. The molecule has 0 spiro atoms. The van der Waals surface area contributed by atoms with Gasteiger partial charge in [0, 0.05) is 5.02 Å². The Balaban J connectivity index is 2.64. The Kier molecular flexibility index (Phi) is 3.35. The molecule has 0 aliphatic heterocycles. The highest BCUT2D eigenvalue weighted by Gasteiger charge is 2.33. The second-order valence-electron chi connectivity index (χ2n) is 4.06. The van der Waals surface area contributed by atoms with E-state index in [2.05, 4.69) is 0 Å².